The lowest BCUT2D eigenvalue weighted by Gasteiger charge is -1.92. The van der Waals surface area contributed by atoms with Crippen LogP contribution < -0.4 is 16.2 Å². The van der Waals surface area contributed by atoms with Gasteiger partial charge in [-0.2, -0.15) is 0 Å². The minimum absolute atomic E-state index is 1.07. The number of hydrogen-bond donors (Lipinski definition) is 1. The lowest BCUT2D eigenvalue weighted by molar-refractivity contribution is 1.38. The lowest BCUT2D eigenvalue weighted by atomic mass is 10.1. The second kappa shape index (κ2) is 3.77. The van der Waals surface area contributed by atoms with Gasteiger partial charge in [-0.3, -0.25) is 0 Å². The minimum atomic E-state index is 1.07. The van der Waals surface area contributed by atoms with Gasteiger partial charge in [-0.15, -0.1) is 0 Å². The fourth-order valence-electron chi connectivity index (χ4n) is 1.04. The summed E-state index contributed by atoms with van der Waals surface area (Å²) in [6, 6.07) is 6.08. The van der Waals surface area contributed by atoms with Crippen molar-refractivity contribution in [3.63, 3.8) is 0 Å². The third-order valence-electron chi connectivity index (χ3n) is 1.83. The number of allylic oxidation sites excluding steroid dienone is 1. The summed E-state index contributed by atoms with van der Waals surface area (Å²) in [4.78, 5) is 0. The molecule has 0 aliphatic heterocycles. The van der Waals surface area contributed by atoms with Crippen molar-refractivity contribution in [3.8, 4) is 0 Å². The Bertz CT molecular complexity index is 388. The maximum absolute atomic E-state index is 5.23. The molecule has 1 nitrogen and oxygen atoms in total. The van der Waals surface area contributed by atoms with Gasteiger partial charge in [0.15, 0.2) is 0 Å². The summed E-state index contributed by atoms with van der Waals surface area (Å²) in [5.41, 5.74) is 6.44. The molecule has 0 spiro atoms. The topological polar surface area (TPSA) is 26.0 Å². The number of nitrogens with two attached hydrogens (primary N) is 1. The summed E-state index contributed by atoms with van der Waals surface area (Å²) in [6.45, 7) is 6.01. The van der Waals surface area contributed by atoms with Crippen LogP contribution in [0, 0.1) is 6.92 Å². The van der Waals surface area contributed by atoms with Gasteiger partial charge >= 0.3 is 0 Å². The van der Waals surface area contributed by atoms with Crippen LogP contribution in [0.15, 0.2) is 30.5 Å². The Morgan fingerprint density at radius 3 is 2.83 bits per heavy atom. The van der Waals surface area contributed by atoms with Gasteiger partial charge in [-0.1, -0.05) is 30.9 Å². The van der Waals surface area contributed by atoms with E-state index in [1.807, 2.05) is 37.3 Å². The first kappa shape index (κ1) is 8.60. The van der Waals surface area contributed by atoms with Crippen molar-refractivity contribution in [3.05, 3.63) is 46.5 Å². The molecule has 0 bridgehead atoms. The highest BCUT2D eigenvalue weighted by atomic mass is 14.5. The summed E-state index contributed by atoms with van der Waals surface area (Å²) < 4.78 is 0. The van der Waals surface area contributed by atoms with E-state index in [9.17, 15) is 0 Å². The van der Waals surface area contributed by atoms with E-state index in [1.165, 1.54) is 11.8 Å². The number of rotatable bonds is 1. The van der Waals surface area contributed by atoms with Crippen molar-refractivity contribution in [1.29, 1.82) is 0 Å². The Labute approximate surface area is 72.5 Å². The molecule has 0 atom stereocenters. The van der Waals surface area contributed by atoms with Crippen LogP contribution in [0.2, 0.25) is 0 Å². The molecule has 1 aromatic carbocycles. The average Bonchev–Trinajstić information content (AvgIpc) is 2.08. The average molecular weight is 159 g/mol. The molecule has 1 heteroatoms. The molecule has 0 heterocycles. The van der Waals surface area contributed by atoms with Crippen LogP contribution in [0.5, 0.6) is 0 Å². The summed E-state index contributed by atoms with van der Waals surface area (Å²) in [5, 5.41) is 2.19. The number of aryl methyl sites for hydroxylation is 1. The first-order chi connectivity index (χ1) is 5.75. The van der Waals surface area contributed by atoms with Crippen molar-refractivity contribution in [2.45, 2.75) is 6.92 Å². The molecule has 0 aromatic heterocycles. The van der Waals surface area contributed by atoms with Gasteiger partial charge in [-0.25, -0.2) is 0 Å². The maximum Gasteiger partial charge on any atom is -0.00622 e. The van der Waals surface area contributed by atoms with Gasteiger partial charge < -0.3 is 5.73 Å². The van der Waals surface area contributed by atoms with E-state index in [-0.39, 0.29) is 0 Å². The van der Waals surface area contributed by atoms with E-state index >= 15 is 0 Å². The minimum Gasteiger partial charge on any atom is -0.405 e. The Morgan fingerprint density at radius 1 is 1.42 bits per heavy atom. The summed E-state index contributed by atoms with van der Waals surface area (Å²) in [6.07, 6.45) is 5.28. The molecule has 0 radical (unpaired) electrons. The summed E-state index contributed by atoms with van der Waals surface area (Å²) >= 11 is 0. The SMILES string of the molecule is C=c1c(C)ccc/c1=C/C=C\N. The Kier molecular flexibility index (Phi) is 2.70. The van der Waals surface area contributed by atoms with Gasteiger partial charge in [0.25, 0.3) is 0 Å². The van der Waals surface area contributed by atoms with Crippen molar-refractivity contribution < 1.29 is 0 Å². The van der Waals surface area contributed by atoms with Crippen LogP contribution in [0.3, 0.4) is 0 Å². The Hall–Kier alpha value is -1.50. The molecule has 0 saturated carbocycles. The largest absolute Gasteiger partial charge is 0.405 e. The van der Waals surface area contributed by atoms with E-state index in [0.717, 1.165) is 10.4 Å². The van der Waals surface area contributed by atoms with Crippen LogP contribution in [-0.2, 0) is 0 Å². The van der Waals surface area contributed by atoms with Crippen molar-refractivity contribution in [2.75, 3.05) is 0 Å². The van der Waals surface area contributed by atoms with Crippen molar-refractivity contribution in [1.82, 2.24) is 0 Å². The van der Waals surface area contributed by atoms with Gasteiger partial charge in [0.05, 0.1) is 0 Å². The monoisotopic (exact) mass is 159 g/mol. The zero-order valence-corrected chi connectivity index (χ0v) is 7.25. The van der Waals surface area contributed by atoms with E-state index in [1.54, 1.807) is 0 Å². The maximum atomic E-state index is 5.23. The zero-order chi connectivity index (χ0) is 8.97. The van der Waals surface area contributed by atoms with Crippen LogP contribution in [0.25, 0.3) is 12.7 Å². The smallest absolute Gasteiger partial charge is 0.00622 e. The molecule has 1 rings (SSSR count). The molecule has 0 aliphatic rings. The number of hydrogen-bond acceptors (Lipinski definition) is 1. The van der Waals surface area contributed by atoms with E-state index in [0.29, 0.717) is 0 Å². The second-order valence-electron chi connectivity index (χ2n) is 2.69. The first-order valence-electron chi connectivity index (χ1n) is 3.89. The van der Waals surface area contributed by atoms with Crippen LogP contribution in [0.4, 0.5) is 0 Å². The molecule has 2 N–H and O–H groups in total. The molecule has 0 amide bonds. The van der Waals surface area contributed by atoms with E-state index in [4.69, 9.17) is 5.73 Å². The fourth-order valence-corrected chi connectivity index (χ4v) is 1.04. The highest BCUT2D eigenvalue weighted by molar-refractivity contribution is 5.38. The van der Waals surface area contributed by atoms with Gasteiger partial charge in [0.1, 0.15) is 0 Å². The van der Waals surface area contributed by atoms with Gasteiger partial charge in [0.2, 0.25) is 0 Å². The van der Waals surface area contributed by atoms with Crippen molar-refractivity contribution >= 4 is 12.7 Å². The predicted octanol–water partition coefficient (Wildman–Crippen LogP) is 0.658. The Balaban J connectivity index is 3.36. The van der Waals surface area contributed by atoms with Crippen LogP contribution in [0.1, 0.15) is 5.56 Å². The number of benzene rings is 1. The normalized spacial score (nSPS) is 12.6. The third kappa shape index (κ3) is 1.76. The van der Waals surface area contributed by atoms with Crippen LogP contribution >= 0.6 is 0 Å². The molecule has 12 heavy (non-hydrogen) atoms. The predicted molar refractivity (Wildman–Crippen MR) is 53.7 cm³/mol. The van der Waals surface area contributed by atoms with Gasteiger partial charge in [0, 0.05) is 0 Å². The summed E-state index contributed by atoms with van der Waals surface area (Å²) in [5.74, 6) is 0. The molecular weight excluding hydrogens is 146 g/mol. The molecule has 1 aromatic rings. The Morgan fingerprint density at radius 2 is 2.17 bits per heavy atom. The second-order valence-corrected chi connectivity index (χ2v) is 2.69. The highest BCUT2D eigenvalue weighted by Crippen LogP contribution is 1.82. The van der Waals surface area contributed by atoms with Crippen LogP contribution in [-0.4, -0.2) is 0 Å². The first-order valence-corrected chi connectivity index (χ1v) is 3.89. The lowest BCUT2D eigenvalue weighted by Crippen LogP contribution is -2.24. The van der Waals surface area contributed by atoms with E-state index in [2.05, 4.69) is 6.58 Å². The molecular formula is C11H13N. The van der Waals surface area contributed by atoms with Crippen molar-refractivity contribution in [2.24, 2.45) is 5.73 Å². The fraction of sp³-hybridized carbons (Fsp3) is 0.0909. The van der Waals surface area contributed by atoms with Gasteiger partial charge in [-0.05, 0) is 35.2 Å². The standard InChI is InChI=1S/C11H13N/c1-9-5-3-6-11(10(9)2)7-4-8-12/h3-8H,2,12H2,1H3/b8-4-,11-7-. The molecule has 0 unspecified atom stereocenters. The highest BCUT2D eigenvalue weighted by Gasteiger charge is 1.84. The molecule has 62 valence electrons. The zero-order valence-electron chi connectivity index (χ0n) is 7.25. The molecule has 0 fully saturated rings. The van der Waals surface area contributed by atoms with E-state index < -0.39 is 0 Å². The quantitative estimate of drug-likeness (QED) is 0.640. The third-order valence-corrected chi connectivity index (χ3v) is 1.83. The summed E-state index contributed by atoms with van der Waals surface area (Å²) in [7, 11) is 0. The molecule has 0 aliphatic carbocycles. The molecule has 0 saturated heterocycles.